The molecule has 5 heteroatoms. The lowest BCUT2D eigenvalue weighted by molar-refractivity contribution is -0.150. The minimum Gasteiger partial charge on any atom is -0.463 e. The van der Waals surface area contributed by atoms with Gasteiger partial charge in [0.05, 0.1) is 19.8 Å². The molecule has 0 unspecified atom stereocenters. The van der Waals surface area contributed by atoms with Crippen LogP contribution in [0.5, 0.6) is 0 Å². The molecule has 5 nitrogen and oxygen atoms in total. The molecule has 0 spiro atoms. The van der Waals surface area contributed by atoms with Crippen molar-refractivity contribution in [1.29, 1.82) is 0 Å². The van der Waals surface area contributed by atoms with Crippen LogP contribution in [-0.4, -0.2) is 31.3 Å². The van der Waals surface area contributed by atoms with Crippen LogP contribution in [0.4, 0.5) is 0 Å². The number of rotatable bonds is 13. The van der Waals surface area contributed by atoms with Gasteiger partial charge in [0, 0.05) is 13.0 Å². The molecule has 0 aliphatic heterocycles. The fourth-order valence-corrected chi connectivity index (χ4v) is 2.89. The molecule has 0 aliphatic carbocycles. The molecule has 1 aromatic rings. The molecular weight excluding hydrogens is 356 g/mol. The van der Waals surface area contributed by atoms with Crippen molar-refractivity contribution in [1.82, 2.24) is 0 Å². The third-order valence-corrected chi connectivity index (χ3v) is 4.00. The molecule has 0 aromatic heterocycles. The van der Waals surface area contributed by atoms with E-state index in [-0.39, 0.29) is 24.0 Å². The zero-order chi connectivity index (χ0) is 20.8. The molecule has 0 heterocycles. The Bertz CT molecular complexity index is 636. The largest absolute Gasteiger partial charge is 0.463 e. The van der Waals surface area contributed by atoms with Crippen LogP contribution in [0, 0.1) is 5.92 Å². The van der Waals surface area contributed by atoms with Crippen molar-refractivity contribution in [2.24, 2.45) is 5.92 Å². The lowest BCUT2D eigenvalue weighted by atomic mass is 9.94. The number of allylic oxidation sites excluding steroid dienone is 2. The second-order valence-corrected chi connectivity index (χ2v) is 6.89. The van der Waals surface area contributed by atoms with Crippen LogP contribution >= 0.6 is 0 Å². The van der Waals surface area contributed by atoms with Gasteiger partial charge in [0.15, 0.2) is 0 Å². The smallest absolute Gasteiger partial charge is 0.330 e. The van der Waals surface area contributed by atoms with Crippen molar-refractivity contribution in [3.63, 3.8) is 0 Å². The third-order valence-electron chi connectivity index (χ3n) is 4.00. The normalized spacial score (nSPS) is 13.1. The highest BCUT2D eigenvalue weighted by atomic mass is 16.6. The molecule has 1 rings (SSSR count). The number of carbonyl (C=O) groups excluding carboxylic acids is 2. The average molecular weight is 389 g/mol. The second kappa shape index (κ2) is 13.7. The Morgan fingerprint density at radius 1 is 1.21 bits per heavy atom. The standard InChI is InChI=1S/C23H32O5/c1-5-27-23(25)13-9-10-18(2)14-19(3)15-22(28-20(4)24)17-26-16-21-11-7-6-8-12-21/h6-9,11-13,19,22H,2,5,10,14-17H2,1,3-4H3/b13-9+/t19-,22+/m0/s1. The van der Waals surface area contributed by atoms with E-state index < -0.39 is 0 Å². The topological polar surface area (TPSA) is 61.8 Å². The van der Waals surface area contributed by atoms with Gasteiger partial charge in [-0.25, -0.2) is 4.79 Å². The van der Waals surface area contributed by atoms with E-state index in [9.17, 15) is 9.59 Å². The zero-order valence-electron chi connectivity index (χ0n) is 17.2. The summed E-state index contributed by atoms with van der Waals surface area (Å²) in [5.41, 5.74) is 2.10. The van der Waals surface area contributed by atoms with Crippen molar-refractivity contribution >= 4 is 11.9 Å². The molecule has 0 amide bonds. The Morgan fingerprint density at radius 3 is 2.57 bits per heavy atom. The summed E-state index contributed by atoms with van der Waals surface area (Å²) in [7, 11) is 0. The number of ether oxygens (including phenoxy) is 3. The minimum atomic E-state index is -0.339. The highest BCUT2D eigenvalue weighted by Gasteiger charge is 2.17. The number of hydrogen-bond acceptors (Lipinski definition) is 5. The molecule has 0 radical (unpaired) electrons. The van der Waals surface area contributed by atoms with Gasteiger partial charge in [-0.3, -0.25) is 4.79 Å². The van der Waals surface area contributed by atoms with Crippen molar-refractivity contribution < 1.29 is 23.8 Å². The molecule has 0 N–H and O–H groups in total. The number of hydrogen-bond donors (Lipinski definition) is 0. The zero-order valence-corrected chi connectivity index (χ0v) is 17.2. The van der Waals surface area contributed by atoms with Crippen LogP contribution in [0.1, 0.15) is 45.6 Å². The van der Waals surface area contributed by atoms with E-state index in [1.165, 1.54) is 13.0 Å². The maximum atomic E-state index is 11.4. The highest BCUT2D eigenvalue weighted by Crippen LogP contribution is 2.20. The number of carbonyl (C=O) groups is 2. The molecule has 0 bridgehead atoms. The van der Waals surface area contributed by atoms with Gasteiger partial charge >= 0.3 is 11.9 Å². The maximum absolute atomic E-state index is 11.4. The Kier molecular flexibility index (Phi) is 11.6. The summed E-state index contributed by atoms with van der Waals surface area (Å²) < 4.78 is 16.0. The van der Waals surface area contributed by atoms with Crippen LogP contribution in [0.15, 0.2) is 54.6 Å². The Hall–Kier alpha value is -2.40. The van der Waals surface area contributed by atoms with E-state index in [0.29, 0.717) is 32.7 Å². The summed E-state index contributed by atoms with van der Waals surface area (Å²) in [4.78, 5) is 22.7. The predicted octanol–water partition coefficient (Wildman–Crippen LogP) is 4.62. The fraction of sp³-hybridized carbons (Fsp3) is 0.478. The molecule has 2 atom stereocenters. The molecule has 0 fully saturated rings. The first-order valence-electron chi connectivity index (χ1n) is 9.69. The molecule has 0 aliphatic rings. The minimum absolute atomic E-state index is 0.271. The molecular formula is C23H32O5. The Balaban J connectivity index is 2.41. The van der Waals surface area contributed by atoms with E-state index in [4.69, 9.17) is 14.2 Å². The number of benzene rings is 1. The van der Waals surface area contributed by atoms with Gasteiger partial charge < -0.3 is 14.2 Å². The van der Waals surface area contributed by atoms with Crippen molar-refractivity contribution in [3.05, 3.63) is 60.2 Å². The number of esters is 2. The summed E-state index contributed by atoms with van der Waals surface area (Å²) in [6.07, 6.45) is 4.99. The molecule has 0 saturated carbocycles. The summed E-state index contributed by atoms with van der Waals surface area (Å²) in [5.74, 6) is -0.376. The van der Waals surface area contributed by atoms with Gasteiger partial charge in [-0.2, -0.15) is 0 Å². The van der Waals surface area contributed by atoms with E-state index in [1.54, 1.807) is 13.0 Å². The average Bonchev–Trinajstić information content (AvgIpc) is 2.62. The van der Waals surface area contributed by atoms with Crippen LogP contribution in [-0.2, 0) is 30.4 Å². The van der Waals surface area contributed by atoms with Gasteiger partial charge in [-0.15, -0.1) is 0 Å². The quantitative estimate of drug-likeness (QED) is 0.280. The summed E-state index contributed by atoms with van der Waals surface area (Å²) in [5, 5.41) is 0. The molecule has 1 aromatic carbocycles. The van der Waals surface area contributed by atoms with E-state index >= 15 is 0 Å². The lowest BCUT2D eigenvalue weighted by Crippen LogP contribution is -2.25. The third kappa shape index (κ3) is 11.3. The van der Waals surface area contributed by atoms with E-state index in [2.05, 4.69) is 13.5 Å². The second-order valence-electron chi connectivity index (χ2n) is 6.89. The Labute approximate surface area is 168 Å². The van der Waals surface area contributed by atoms with Gasteiger partial charge in [0.25, 0.3) is 0 Å². The highest BCUT2D eigenvalue weighted by molar-refractivity contribution is 5.81. The predicted molar refractivity (Wildman–Crippen MR) is 110 cm³/mol. The summed E-state index contributed by atoms with van der Waals surface area (Å²) in [6.45, 7) is 10.5. The van der Waals surface area contributed by atoms with E-state index in [0.717, 1.165) is 17.6 Å². The monoisotopic (exact) mass is 388 g/mol. The fourth-order valence-electron chi connectivity index (χ4n) is 2.89. The van der Waals surface area contributed by atoms with E-state index in [1.807, 2.05) is 30.3 Å². The van der Waals surface area contributed by atoms with Crippen molar-refractivity contribution in [3.8, 4) is 0 Å². The van der Waals surface area contributed by atoms with Gasteiger partial charge in [-0.05, 0) is 37.7 Å². The Morgan fingerprint density at radius 2 is 1.93 bits per heavy atom. The molecule has 154 valence electrons. The van der Waals surface area contributed by atoms with Gasteiger partial charge in [-0.1, -0.05) is 55.5 Å². The van der Waals surface area contributed by atoms with Gasteiger partial charge in [0.2, 0.25) is 0 Å². The van der Waals surface area contributed by atoms with Crippen LogP contribution < -0.4 is 0 Å². The van der Waals surface area contributed by atoms with Gasteiger partial charge in [0.1, 0.15) is 6.10 Å². The van der Waals surface area contributed by atoms with Crippen LogP contribution in [0.25, 0.3) is 0 Å². The molecule has 28 heavy (non-hydrogen) atoms. The summed E-state index contributed by atoms with van der Waals surface area (Å²) in [6, 6.07) is 9.88. The SMILES string of the molecule is C=C(C/C=C/C(=O)OCC)C[C@H](C)C[C@H](COCc1ccccc1)OC(C)=O. The van der Waals surface area contributed by atoms with Crippen LogP contribution in [0.2, 0.25) is 0 Å². The lowest BCUT2D eigenvalue weighted by Gasteiger charge is -2.21. The first-order chi connectivity index (χ1) is 13.4. The first-order valence-corrected chi connectivity index (χ1v) is 9.69. The first kappa shape index (κ1) is 23.6. The van der Waals surface area contributed by atoms with Crippen LogP contribution in [0.3, 0.4) is 0 Å². The molecule has 0 saturated heterocycles. The maximum Gasteiger partial charge on any atom is 0.330 e. The summed E-state index contributed by atoms with van der Waals surface area (Å²) >= 11 is 0. The van der Waals surface area contributed by atoms with Crippen molar-refractivity contribution in [2.45, 2.75) is 52.7 Å². The van der Waals surface area contributed by atoms with Crippen molar-refractivity contribution in [2.75, 3.05) is 13.2 Å².